The van der Waals surface area contributed by atoms with Gasteiger partial charge in [0.05, 0.1) is 0 Å². The highest BCUT2D eigenvalue weighted by atomic mass is 79.9. The van der Waals surface area contributed by atoms with Gasteiger partial charge in [-0.25, -0.2) is 0 Å². The maximum absolute atomic E-state index is 3.69. The van der Waals surface area contributed by atoms with Gasteiger partial charge in [-0.3, -0.25) is 0 Å². The molecule has 0 aromatic heterocycles. The largest absolute Gasteiger partial charge is 0.372 e. The van der Waals surface area contributed by atoms with Crippen molar-refractivity contribution in [1.82, 2.24) is 5.32 Å². The highest BCUT2D eigenvalue weighted by molar-refractivity contribution is 9.10. The van der Waals surface area contributed by atoms with Gasteiger partial charge in [0.25, 0.3) is 0 Å². The second-order valence-electron chi connectivity index (χ2n) is 5.20. The summed E-state index contributed by atoms with van der Waals surface area (Å²) in [7, 11) is 2.18. The van der Waals surface area contributed by atoms with E-state index in [0.29, 0.717) is 6.04 Å². The van der Waals surface area contributed by atoms with Gasteiger partial charge in [0.2, 0.25) is 0 Å². The van der Waals surface area contributed by atoms with Crippen LogP contribution < -0.4 is 10.2 Å². The minimum atomic E-state index is 0.584. The lowest BCUT2D eigenvalue weighted by atomic mass is 10.1. The molecule has 0 aliphatic rings. The number of rotatable bonds is 8. The summed E-state index contributed by atoms with van der Waals surface area (Å²) in [5, 5.41) is 3.44. The molecule has 1 unspecified atom stereocenters. The molecule has 0 amide bonds. The Bertz CT molecular complexity index is 379. The van der Waals surface area contributed by atoms with E-state index in [9.17, 15) is 0 Å². The molecule has 1 atom stereocenters. The Labute approximate surface area is 126 Å². The molecule has 0 heterocycles. The average molecular weight is 327 g/mol. The van der Waals surface area contributed by atoms with Crippen LogP contribution in [0.5, 0.6) is 0 Å². The Morgan fingerprint density at radius 3 is 2.58 bits per heavy atom. The SMILES string of the molecule is CCCNCc1ccc(N(C)C(C)CCC)cc1Br. The Morgan fingerprint density at radius 1 is 1.26 bits per heavy atom. The third kappa shape index (κ3) is 5.15. The number of benzene rings is 1. The van der Waals surface area contributed by atoms with E-state index < -0.39 is 0 Å². The normalized spacial score (nSPS) is 12.5. The van der Waals surface area contributed by atoms with Crippen molar-refractivity contribution in [2.45, 2.75) is 52.6 Å². The van der Waals surface area contributed by atoms with E-state index >= 15 is 0 Å². The lowest BCUT2D eigenvalue weighted by Crippen LogP contribution is -2.28. The van der Waals surface area contributed by atoms with Crippen LogP contribution in [0, 0.1) is 0 Å². The molecule has 0 bridgehead atoms. The number of nitrogens with one attached hydrogen (secondary N) is 1. The summed E-state index contributed by atoms with van der Waals surface area (Å²) >= 11 is 3.69. The first-order chi connectivity index (χ1) is 9.10. The molecule has 0 saturated heterocycles. The summed E-state index contributed by atoms with van der Waals surface area (Å²) in [5.74, 6) is 0. The van der Waals surface area contributed by atoms with Gasteiger partial charge in [0, 0.05) is 29.8 Å². The predicted molar refractivity (Wildman–Crippen MR) is 88.9 cm³/mol. The molecule has 0 radical (unpaired) electrons. The van der Waals surface area contributed by atoms with Gasteiger partial charge in [-0.05, 0) is 44.0 Å². The molecular weight excluding hydrogens is 300 g/mol. The van der Waals surface area contributed by atoms with Crippen molar-refractivity contribution in [3.05, 3.63) is 28.2 Å². The van der Waals surface area contributed by atoms with Crippen LogP contribution in [-0.4, -0.2) is 19.6 Å². The third-order valence-electron chi connectivity index (χ3n) is 3.55. The first-order valence-corrected chi connectivity index (χ1v) is 8.11. The second-order valence-corrected chi connectivity index (χ2v) is 6.06. The van der Waals surface area contributed by atoms with E-state index in [1.54, 1.807) is 0 Å². The van der Waals surface area contributed by atoms with E-state index in [4.69, 9.17) is 0 Å². The van der Waals surface area contributed by atoms with Gasteiger partial charge in [-0.2, -0.15) is 0 Å². The van der Waals surface area contributed by atoms with Crippen LogP contribution in [0.1, 0.15) is 45.6 Å². The van der Waals surface area contributed by atoms with Crippen LogP contribution in [-0.2, 0) is 6.54 Å². The smallest absolute Gasteiger partial charge is 0.0377 e. The van der Waals surface area contributed by atoms with Crippen molar-refractivity contribution in [3.8, 4) is 0 Å². The van der Waals surface area contributed by atoms with Crippen LogP contribution in [0.4, 0.5) is 5.69 Å². The number of halogens is 1. The van der Waals surface area contributed by atoms with Gasteiger partial charge >= 0.3 is 0 Å². The number of hydrogen-bond donors (Lipinski definition) is 1. The molecule has 0 aliphatic carbocycles. The fraction of sp³-hybridized carbons (Fsp3) is 0.625. The van der Waals surface area contributed by atoms with Crippen LogP contribution in [0.15, 0.2) is 22.7 Å². The highest BCUT2D eigenvalue weighted by Crippen LogP contribution is 2.25. The second kappa shape index (κ2) is 8.60. The van der Waals surface area contributed by atoms with Gasteiger partial charge in [0.15, 0.2) is 0 Å². The van der Waals surface area contributed by atoms with Crippen LogP contribution in [0.25, 0.3) is 0 Å². The van der Waals surface area contributed by atoms with Crippen LogP contribution in [0.2, 0.25) is 0 Å². The van der Waals surface area contributed by atoms with Gasteiger partial charge < -0.3 is 10.2 Å². The highest BCUT2D eigenvalue weighted by Gasteiger charge is 2.10. The lowest BCUT2D eigenvalue weighted by Gasteiger charge is -2.27. The molecule has 1 aromatic carbocycles. The maximum atomic E-state index is 3.69. The van der Waals surface area contributed by atoms with E-state index in [0.717, 1.165) is 13.1 Å². The van der Waals surface area contributed by atoms with Crippen molar-refractivity contribution in [1.29, 1.82) is 0 Å². The molecule has 0 spiro atoms. The molecule has 1 N–H and O–H groups in total. The fourth-order valence-electron chi connectivity index (χ4n) is 2.16. The van der Waals surface area contributed by atoms with Crippen molar-refractivity contribution in [3.63, 3.8) is 0 Å². The van der Waals surface area contributed by atoms with Crippen molar-refractivity contribution in [2.75, 3.05) is 18.5 Å². The molecule has 0 aliphatic heterocycles. The van der Waals surface area contributed by atoms with Gasteiger partial charge in [-0.15, -0.1) is 0 Å². The Kier molecular flexibility index (Phi) is 7.47. The summed E-state index contributed by atoms with van der Waals surface area (Å²) in [6, 6.07) is 7.26. The number of anilines is 1. The number of hydrogen-bond acceptors (Lipinski definition) is 2. The summed E-state index contributed by atoms with van der Waals surface area (Å²) in [4.78, 5) is 2.36. The zero-order valence-corrected chi connectivity index (χ0v) is 14.3. The van der Waals surface area contributed by atoms with Crippen molar-refractivity contribution >= 4 is 21.6 Å². The van der Waals surface area contributed by atoms with Crippen molar-refractivity contribution in [2.24, 2.45) is 0 Å². The van der Waals surface area contributed by atoms with Crippen LogP contribution in [0.3, 0.4) is 0 Å². The summed E-state index contributed by atoms with van der Waals surface area (Å²) < 4.78 is 1.20. The fourth-order valence-corrected chi connectivity index (χ4v) is 2.67. The topological polar surface area (TPSA) is 15.3 Å². The number of nitrogens with zero attached hydrogens (tertiary/aromatic N) is 1. The zero-order chi connectivity index (χ0) is 14.3. The average Bonchev–Trinajstić information content (AvgIpc) is 2.40. The van der Waals surface area contributed by atoms with Gasteiger partial charge in [0.1, 0.15) is 0 Å². The van der Waals surface area contributed by atoms with Gasteiger partial charge in [-0.1, -0.05) is 42.3 Å². The molecule has 19 heavy (non-hydrogen) atoms. The Morgan fingerprint density at radius 2 is 2.00 bits per heavy atom. The standard InChI is InChI=1S/C16H27BrN2/c1-5-7-13(3)19(4)15-9-8-14(16(17)11-15)12-18-10-6-2/h8-9,11,13,18H,5-7,10,12H2,1-4H3. The summed E-state index contributed by atoms with van der Waals surface area (Å²) in [6.45, 7) is 8.72. The van der Waals surface area contributed by atoms with Crippen molar-refractivity contribution < 1.29 is 0 Å². The molecule has 1 aromatic rings. The summed E-state index contributed by atoms with van der Waals surface area (Å²) in [6.07, 6.45) is 3.63. The Hall–Kier alpha value is -0.540. The van der Waals surface area contributed by atoms with E-state index in [1.165, 1.54) is 35.0 Å². The molecule has 1 rings (SSSR count). The maximum Gasteiger partial charge on any atom is 0.0377 e. The quantitative estimate of drug-likeness (QED) is 0.704. The molecule has 0 saturated carbocycles. The first-order valence-electron chi connectivity index (χ1n) is 7.32. The lowest BCUT2D eigenvalue weighted by molar-refractivity contribution is 0.616. The predicted octanol–water partition coefficient (Wildman–Crippen LogP) is 4.57. The molecule has 2 nitrogen and oxygen atoms in total. The monoisotopic (exact) mass is 326 g/mol. The molecule has 108 valence electrons. The minimum Gasteiger partial charge on any atom is -0.372 e. The van der Waals surface area contributed by atoms with Crippen LogP contribution >= 0.6 is 15.9 Å². The third-order valence-corrected chi connectivity index (χ3v) is 4.29. The minimum absolute atomic E-state index is 0.584. The molecular formula is C16H27BrN2. The van der Waals surface area contributed by atoms with E-state index in [-0.39, 0.29) is 0 Å². The van der Waals surface area contributed by atoms with E-state index in [2.05, 4.69) is 72.2 Å². The zero-order valence-electron chi connectivity index (χ0n) is 12.7. The van der Waals surface area contributed by atoms with E-state index in [1.807, 2.05) is 0 Å². The Balaban J connectivity index is 2.70. The molecule has 3 heteroatoms. The first kappa shape index (κ1) is 16.5. The molecule has 0 fully saturated rings. The summed E-state index contributed by atoms with van der Waals surface area (Å²) in [5.41, 5.74) is 2.61.